The van der Waals surface area contributed by atoms with Gasteiger partial charge in [-0.1, -0.05) is 6.92 Å². The van der Waals surface area contributed by atoms with Crippen LogP contribution in [0.25, 0.3) is 0 Å². The van der Waals surface area contributed by atoms with Crippen molar-refractivity contribution in [2.24, 2.45) is 4.99 Å². The van der Waals surface area contributed by atoms with E-state index in [4.69, 9.17) is 9.41 Å². The highest BCUT2D eigenvalue weighted by Crippen LogP contribution is 2.25. The van der Waals surface area contributed by atoms with Gasteiger partial charge < -0.3 is 20.0 Å². The van der Waals surface area contributed by atoms with Crippen LogP contribution < -0.4 is 10.6 Å². The van der Waals surface area contributed by atoms with Gasteiger partial charge >= 0.3 is 0 Å². The minimum atomic E-state index is 0.232. The van der Waals surface area contributed by atoms with Gasteiger partial charge in [0.25, 0.3) is 0 Å². The highest BCUT2D eigenvalue weighted by Gasteiger charge is 2.25. The Balaban J connectivity index is 1.49. The molecule has 2 aliphatic heterocycles. The normalized spacial score (nSPS) is 21.1. The first-order chi connectivity index (χ1) is 13.8. The summed E-state index contributed by atoms with van der Waals surface area (Å²) in [5.74, 6) is 1.93. The molecule has 0 radical (unpaired) electrons. The zero-order valence-electron chi connectivity index (χ0n) is 17.7. The fourth-order valence-corrected chi connectivity index (χ4v) is 4.10. The van der Waals surface area contributed by atoms with E-state index in [0.29, 0.717) is 0 Å². The summed E-state index contributed by atoms with van der Waals surface area (Å²) < 4.78 is 5.72. The Kier molecular flexibility index (Phi) is 8.64. The van der Waals surface area contributed by atoms with E-state index in [1.807, 2.05) is 6.07 Å². The molecule has 3 heterocycles. The number of furan rings is 1. The average Bonchev–Trinajstić information content (AvgIpc) is 3.43. The number of hydrogen-bond donors (Lipinski definition) is 2. The third-order valence-corrected chi connectivity index (χ3v) is 5.85. The third kappa shape index (κ3) is 6.22. The highest BCUT2D eigenvalue weighted by atomic mass is 16.3. The molecule has 0 aromatic carbocycles. The molecule has 2 aliphatic rings. The van der Waals surface area contributed by atoms with Gasteiger partial charge in [-0.05, 0) is 51.5 Å². The molecule has 0 amide bonds. The van der Waals surface area contributed by atoms with E-state index in [-0.39, 0.29) is 6.04 Å². The van der Waals surface area contributed by atoms with Gasteiger partial charge in [0, 0.05) is 45.8 Å². The maximum atomic E-state index is 5.72. The Bertz CT molecular complexity index is 561. The van der Waals surface area contributed by atoms with E-state index < -0.39 is 0 Å². The zero-order chi connectivity index (χ0) is 19.6. The first kappa shape index (κ1) is 21.1. The second-order valence-corrected chi connectivity index (χ2v) is 7.70. The summed E-state index contributed by atoms with van der Waals surface area (Å²) in [7, 11) is 0. The van der Waals surface area contributed by atoms with Crippen molar-refractivity contribution in [2.75, 3.05) is 72.0 Å². The number of guanidine groups is 1. The third-order valence-electron chi connectivity index (χ3n) is 5.85. The quantitative estimate of drug-likeness (QED) is 0.494. The Morgan fingerprint density at radius 3 is 2.46 bits per heavy atom. The maximum absolute atomic E-state index is 5.72. The van der Waals surface area contributed by atoms with Crippen LogP contribution in [0.4, 0.5) is 0 Å². The summed E-state index contributed by atoms with van der Waals surface area (Å²) in [6, 6.07) is 4.29. The van der Waals surface area contributed by atoms with Crippen molar-refractivity contribution in [3.05, 3.63) is 24.2 Å². The van der Waals surface area contributed by atoms with Crippen molar-refractivity contribution < 1.29 is 4.42 Å². The molecule has 2 fully saturated rings. The van der Waals surface area contributed by atoms with Gasteiger partial charge in [-0.25, -0.2) is 0 Å². The lowest BCUT2D eigenvalue weighted by atomic mass is 10.2. The molecule has 0 bridgehead atoms. The fraction of sp³-hybridized carbons (Fsp3) is 0.762. The predicted octanol–water partition coefficient (Wildman–Crippen LogP) is 1.61. The molecule has 1 unspecified atom stereocenters. The minimum absolute atomic E-state index is 0.232. The van der Waals surface area contributed by atoms with E-state index >= 15 is 0 Å². The number of aliphatic imine (C=N–C) groups is 1. The van der Waals surface area contributed by atoms with Crippen LogP contribution in [0.5, 0.6) is 0 Å². The maximum Gasteiger partial charge on any atom is 0.191 e. The standard InChI is InChI=1S/C21H38N6O/c1-3-22-21(23-9-12-26-15-13-25(4-2)14-16-26)24-18-19(20-8-7-17-28-20)27-10-5-6-11-27/h7-8,17,19H,3-6,9-16,18H2,1-2H3,(H2,22,23,24). The average molecular weight is 391 g/mol. The summed E-state index contributed by atoms with van der Waals surface area (Å²) in [6.07, 6.45) is 4.30. The smallest absolute Gasteiger partial charge is 0.191 e. The number of rotatable bonds is 9. The molecule has 2 N–H and O–H groups in total. The van der Waals surface area contributed by atoms with Crippen molar-refractivity contribution >= 4 is 5.96 Å². The Morgan fingerprint density at radius 1 is 1.07 bits per heavy atom. The van der Waals surface area contributed by atoms with Crippen LogP contribution in [0.1, 0.15) is 38.5 Å². The van der Waals surface area contributed by atoms with Gasteiger partial charge in [0.15, 0.2) is 5.96 Å². The molecular formula is C21H38N6O. The number of hydrogen-bond acceptors (Lipinski definition) is 5. The molecule has 1 aromatic rings. The van der Waals surface area contributed by atoms with Gasteiger partial charge in [-0.3, -0.25) is 14.8 Å². The van der Waals surface area contributed by atoms with Crippen molar-refractivity contribution in [2.45, 2.75) is 32.7 Å². The van der Waals surface area contributed by atoms with Crippen LogP contribution in [0.3, 0.4) is 0 Å². The summed E-state index contributed by atoms with van der Waals surface area (Å²) >= 11 is 0. The molecular weight excluding hydrogens is 352 g/mol. The van der Waals surface area contributed by atoms with E-state index in [1.165, 1.54) is 39.0 Å². The number of likely N-dealkylation sites (N-methyl/N-ethyl adjacent to an activating group) is 1. The first-order valence-electron chi connectivity index (χ1n) is 11.0. The number of likely N-dealkylation sites (tertiary alicyclic amines) is 1. The SMILES string of the molecule is CCNC(=NCC(c1ccco1)N1CCCC1)NCCN1CCN(CC)CC1. The van der Waals surface area contributed by atoms with Crippen molar-refractivity contribution in [1.82, 2.24) is 25.3 Å². The van der Waals surface area contributed by atoms with Crippen molar-refractivity contribution in [1.29, 1.82) is 0 Å². The van der Waals surface area contributed by atoms with Crippen molar-refractivity contribution in [3.63, 3.8) is 0 Å². The van der Waals surface area contributed by atoms with Gasteiger partial charge in [-0.2, -0.15) is 0 Å². The molecule has 0 saturated carbocycles. The van der Waals surface area contributed by atoms with Crippen molar-refractivity contribution in [3.8, 4) is 0 Å². The molecule has 1 aromatic heterocycles. The Labute approximate surface area is 170 Å². The number of nitrogens with one attached hydrogen (secondary N) is 2. The lowest BCUT2D eigenvalue weighted by Crippen LogP contribution is -2.49. The van der Waals surface area contributed by atoms with Crippen LogP contribution in [-0.2, 0) is 0 Å². The topological polar surface area (TPSA) is 59.3 Å². The lowest BCUT2D eigenvalue weighted by Gasteiger charge is -2.34. The molecule has 2 saturated heterocycles. The van der Waals surface area contributed by atoms with E-state index in [9.17, 15) is 0 Å². The van der Waals surface area contributed by atoms with Gasteiger partial charge in [0.1, 0.15) is 5.76 Å². The van der Waals surface area contributed by atoms with Crippen LogP contribution in [0, 0.1) is 0 Å². The van der Waals surface area contributed by atoms with Crippen LogP contribution in [-0.4, -0.2) is 92.7 Å². The molecule has 7 nitrogen and oxygen atoms in total. The first-order valence-corrected chi connectivity index (χ1v) is 11.0. The predicted molar refractivity (Wildman–Crippen MR) is 115 cm³/mol. The zero-order valence-corrected chi connectivity index (χ0v) is 17.7. The summed E-state index contributed by atoms with van der Waals surface area (Å²) in [6.45, 7) is 16.1. The van der Waals surface area contributed by atoms with Crippen LogP contribution in [0.2, 0.25) is 0 Å². The van der Waals surface area contributed by atoms with Gasteiger partial charge in [0.05, 0.1) is 18.8 Å². The molecule has 28 heavy (non-hydrogen) atoms. The monoisotopic (exact) mass is 390 g/mol. The lowest BCUT2D eigenvalue weighted by molar-refractivity contribution is 0.139. The summed E-state index contributed by atoms with van der Waals surface area (Å²) in [4.78, 5) is 12.4. The van der Waals surface area contributed by atoms with Crippen LogP contribution >= 0.6 is 0 Å². The van der Waals surface area contributed by atoms with Gasteiger partial charge in [-0.15, -0.1) is 0 Å². The molecule has 0 spiro atoms. The number of nitrogens with zero attached hydrogens (tertiary/aromatic N) is 4. The van der Waals surface area contributed by atoms with Gasteiger partial charge in [0.2, 0.25) is 0 Å². The number of piperazine rings is 1. The highest BCUT2D eigenvalue weighted by molar-refractivity contribution is 5.79. The fourth-order valence-electron chi connectivity index (χ4n) is 4.10. The Hall–Kier alpha value is -1.57. The van der Waals surface area contributed by atoms with E-state index in [2.05, 4.69) is 45.2 Å². The van der Waals surface area contributed by atoms with E-state index in [1.54, 1.807) is 6.26 Å². The van der Waals surface area contributed by atoms with E-state index in [0.717, 1.165) is 57.5 Å². The molecule has 0 aliphatic carbocycles. The second kappa shape index (κ2) is 11.4. The molecule has 1 atom stereocenters. The molecule has 3 rings (SSSR count). The second-order valence-electron chi connectivity index (χ2n) is 7.70. The molecule has 158 valence electrons. The largest absolute Gasteiger partial charge is 0.468 e. The summed E-state index contributed by atoms with van der Waals surface area (Å²) in [5, 5.41) is 6.91. The molecule has 7 heteroatoms. The summed E-state index contributed by atoms with van der Waals surface area (Å²) in [5.41, 5.74) is 0. The Morgan fingerprint density at radius 2 is 1.82 bits per heavy atom. The van der Waals surface area contributed by atoms with Crippen LogP contribution in [0.15, 0.2) is 27.8 Å². The minimum Gasteiger partial charge on any atom is -0.468 e.